The van der Waals surface area contributed by atoms with Crippen LogP contribution in [0.5, 0.6) is 5.75 Å². The minimum atomic E-state index is -3.77. The zero-order valence-electron chi connectivity index (χ0n) is 38.6. The molecule has 0 fully saturated rings. The summed E-state index contributed by atoms with van der Waals surface area (Å²) in [5.41, 5.74) is 18.3. The monoisotopic (exact) mass is 969 g/mol. The highest BCUT2D eigenvalue weighted by atomic mass is 32.2. The number of nitrogens with one attached hydrogen (secondary N) is 7. The third-order valence-corrected chi connectivity index (χ3v) is 12.1. The molecule has 10 amide bonds. The third-order valence-electron chi connectivity index (χ3n) is 10.3. The second-order valence-corrected chi connectivity index (χ2v) is 18.9. The molecule has 0 bridgehead atoms. The fraction of sp³-hybridized carbons (Fsp3) is 0.610. The number of sulfone groups is 1. The van der Waals surface area contributed by atoms with Gasteiger partial charge in [0.15, 0.2) is 0 Å². The summed E-state index contributed by atoms with van der Waals surface area (Å²) in [5, 5.41) is 33.7. The van der Waals surface area contributed by atoms with Crippen LogP contribution in [0.2, 0.25) is 0 Å². The number of phenols is 1. The average Bonchev–Trinajstić information content (AvgIpc) is 3.25. The van der Waals surface area contributed by atoms with Gasteiger partial charge in [-0.1, -0.05) is 53.2 Å². The molecule has 0 unspecified atom stereocenters. The van der Waals surface area contributed by atoms with E-state index in [1.807, 2.05) is 5.48 Å². The number of carbonyl (C=O) groups is 10. The second kappa shape index (κ2) is 28.6. The lowest BCUT2D eigenvalue weighted by molar-refractivity contribution is -0.140. The lowest BCUT2D eigenvalue weighted by Crippen LogP contribution is -2.60. The lowest BCUT2D eigenvalue weighted by atomic mass is 9.96. The van der Waals surface area contributed by atoms with Crippen molar-refractivity contribution in [2.75, 3.05) is 31.6 Å². The average molecular weight is 970 g/mol. The molecule has 1 aromatic carbocycles. The van der Waals surface area contributed by atoms with Gasteiger partial charge in [-0.25, -0.2) is 8.42 Å². The molecule has 67 heavy (non-hydrogen) atoms. The van der Waals surface area contributed by atoms with Crippen molar-refractivity contribution < 1.29 is 66.7 Å². The maximum absolute atomic E-state index is 13.9. The van der Waals surface area contributed by atoms with Gasteiger partial charge in [0.1, 0.15) is 51.8 Å². The zero-order chi connectivity index (χ0) is 51.2. The number of phenolic OH excluding ortho intramolecular Hbond substituents is 1. The highest BCUT2D eigenvalue weighted by Crippen LogP contribution is 2.14. The number of hydrogen-bond acceptors (Lipinski definition) is 15. The van der Waals surface area contributed by atoms with Crippen molar-refractivity contribution >= 4 is 68.9 Å². The van der Waals surface area contributed by atoms with E-state index >= 15 is 0 Å². The number of aromatic hydroxyl groups is 1. The van der Waals surface area contributed by atoms with Gasteiger partial charge in [0, 0.05) is 19.2 Å². The molecule has 7 atom stereocenters. The van der Waals surface area contributed by atoms with E-state index in [-0.39, 0.29) is 30.3 Å². The largest absolute Gasteiger partial charge is 0.508 e. The molecule has 376 valence electrons. The van der Waals surface area contributed by atoms with Crippen molar-refractivity contribution in [3.8, 4) is 5.75 Å². The smallest absolute Gasteiger partial charge is 0.245 e. The van der Waals surface area contributed by atoms with Gasteiger partial charge in [0.05, 0.1) is 25.3 Å². The Morgan fingerprint density at radius 3 is 1.78 bits per heavy atom. The normalized spacial score (nSPS) is 14.4. The van der Waals surface area contributed by atoms with Gasteiger partial charge in [0.25, 0.3) is 0 Å². The van der Waals surface area contributed by atoms with Gasteiger partial charge < -0.3 is 64.3 Å². The van der Waals surface area contributed by atoms with Gasteiger partial charge in [-0.05, 0) is 55.2 Å². The Kier molecular flexibility index (Phi) is 25.0. The molecule has 0 saturated carbocycles. The Morgan fingerprint density at radius 1 is 0.687 bits per heavy atom. The number of hydrogen-bond donors (Lipinski definition) is 12. The second-order valence-electron chi connectivity index (χ2n) is 16.4. The summed E-state index contributed by atoms with van der Waals surface area (Å²) in [5.74, 6) is -11.2. The Hall–Kier alpha value is -6.41. The molecule has 0 aliphatic rings. The van der Waals surface area contributed by atoms with Crippen LogP contribution >= 0.6 is 0 Å². The minimum Gasteiger partial charge on any atom is -0.508 e. The molecule has 1 rings (SSSR count). The van der Waals surface area contributed by atoms with E-state index < -0.39 is 156 Å². The molecule has 25 nitrogen and oxygen atoms in total. The van der Waals surface area contributed by atoms with Crippen molar-refractivity contribution in [3.63, 3.8) is 0 Å². The lowest BCUT2D eigenvalue weighted by Gasteiger charge is -2.29. The molecular weight excluding hydrogens is 903 g/mol. The summed E-state index contributed by atoms with van der Waals surface area (Å²) in [4.78, 5) is 131. The quantitative estimate of drug-likeness (QED) is 0.0314. The van der Waals surface area contributed by atoms with Crippen LogP contribution in [0.25, 0.3) is 0 Å². The minimum absolute atomic E-state index is 0.0324. The molecule has 1 aromatic rings. The van der Waals surface area contributed by atoms with Gasteiger partial charge >= 0.3 is 0 Å². The predicted octanol–water partition coefficient (Wildman–Crippen LogP) is -4.18. The molecular formula is C41H67N11O14S. The Balaban J connectivity index is 3.42. The summed E-state index contributed by atoms with van der Waals surface area (Å²) in [6.45, 7) is 6.99. The number of rotatable bonds is 31. The number of hydroxylamine groups is 1. The highest BCUT2D eigenvalue weighted by Gasteiger charge is 2.36. The van der Waals surface area contributed by atoms with Crippen LogP contribution in [0, 0.1) is 11.8 Å². The standard InChI is InChI=1S/C41H67N11O14S/c1-7-23(5)35(50-39(61)30(51-64)18-24-9-11-25(53)12-10-24)40(62)47-26(13-14-31(42)54)37(59)49-29(19-32(43)55)38(60)48-27(15-16-67(65,66)8-2)41(63)52(6)21-34(57)46-28(17-22(3)4)36(58)45-20-33(44)56/h9-12,22-23,26-30,35,51,53,64H,7-8,13-21H2,1-6H3,(H2,42,54)(H2,43,55)(H2,44,56)(H,45,58)(H,46,57)(H,47,62)(H,48,60)(H,49,59)(H,50,61)/t23-,26-,27-,28-,29-,30-,35-/m0/s1. The molecule has 15 N–H and O–H groups in total. The summed E-state index contributed by atoms with van der Waals surface area (Å²) in [7, 11) is -2.62. The molecule has 0 radical (unpaired) electrons. The summed E-state index contributed by atoms with van der Waals surface area (Å²) in [6.07, 6.45) is -1.99. The van der Waals surface area contributed by atoms with E-state index in [0.29, 0.717) is 12.0 Å². The Morgan fingerprint density at radius 2 is 1.25 bits per heavy atom. The van der Waals surface area contributed by atoms with E-state index in [4.69, 9.17) is 17.2 Å². The van der Waals surface area contributed by atoms with Gasteiger partial charge in [-0.3, -0.25) is 47.9 Å². The number of nitrogens with two attached hydrogens (primary N) is 3. The molecule has 0 aromatic heterocycles. The molecule has 0 aliphatic carbocycles. The van der Waals surface area contributed by atoms with E-state index in [0.717, 1.165) is 11.9 Å². The van der Waals surface area contributed by atoms with Crippen LogP contribution in [0.4, 0.5) is 0 Å². The fourth-order valence-electron chi connectivity index (χ4n) is 6.29. The van der Waals surface area contributed by atoms with Crippen LogP contribution in [0.3, 0.4) is 0 Å². The third kappa shape index (κ3) is 22.1. The van der Waals surface area contributed by atoms with E-state index in [9.17, 15) is 66.7 Å². The zero-order valence-corrected chi connectivity index (χ0v) is 39.4. The highest BCUT2D eigenvalue weighted by molar-refractivity contribution is 7.91. The number of amides is 10. The topological polar surface area (TPSA) is 411 Å². The number of nitrogens with zero attached hydrogens (tertiary/aromatic N) is 1. The molecule has 0 saturated heterocycles. The predicted molar refractivity (Wildman–Crippen MR) is 240 cm³/mol. The van der Waals surface area contributed by atoms with Crippen molar-refractivity contribution in [2.45, 2.75) is 116 Å². The van der Waals surface area contributed by atoms with Crippen molar-refractivity contribution in [3.05, 3.63) is 29.8 Å². The van der Waals surface area contributed by atoms with Gasteiger partial charge in [0.2, 0.25) is 59.1 Å². The van der Waals surface area contributed by atoms with Crippen LogP contribution in [0.1, 0.15) is 78.7 Å². The number of primary amides is 3. The fourth-order valence-corrected chi connectivity index (χ4v) is 7.17. The number of benzene rings is 1. The first kappa shape index (κ1) is 58.6. The van der Waals surface area contributed by atoms with Crippen LogP contribution < -0.4 is 54.6 Å². The van der Waals surface area contributed by atoms with E-state index in [1.165, 1.54) is 31.2 Å². The molecule has 0 heterocycles. The van der Waals surface area contributed by atoms with Gasteiger partial charge in [-0.15, -0.1) is 0 Å². The SMILES string of the molecule is CC[C@H](C)[C@H](NC(=O)[C@H](Cc1ccc(O)cc1)NO)C(=O)N[C@@H](CCC(N)=O)C(=O)N[C@@H](CC(N)=O)C(=O)N[C@@H](CCS(=O)(=O)CC)C(=O)N(C)CC(=O)N[C@@H](CC(C)C)C(=O)NCC(N)=O. The van der Waals surface area contributed by atoms with Crippen LogP contribution in [-0.4, -0.2) is 151 Å². The van der Waals surface area contributed by atoms with E-state index in [1.54, 1.807) is 27.7 Å². The summed E-state index contributed by atoms with van der Waals surface area (Å²) >= 11 is 0. The number of likely N-dealkylation sites (N-methyl/N-ethyl adjacent to an activating group) is 1. The first-order valence-electron chi connectivity index (χ1n) is 21.5. The Bertz CT molecular complexity index is 2020. The van der Waals surface area contributed by atoms with Crippen LogP contribution in [-0.2, 0) is 64.2 Å². The summed E-state index contributed by atoms with van der Waals surface area (Å²) in [6, 6.07) is -3.20. The molecule has 0 aliphatic heterocycles. The molecule has 26 heteroatoms. The Labute approximate surface area is 389 Å². The van der Waals surface area contributed by atoms with Gasteiger partial charge in [-0.2, -0.15) is 5.48 Å². The van der Waals surface area contributed by atoms with Crippen molar-refractivity contribution in [2.24, 2.45) is 29.0 Å². The first-order chi connectivity index (χ1) is 31.2. The first-order valence-corrected chi connectivity index (χ1v) is 23.3. The van der Waals surface area contributed by atoms with Crippen molar-refractivity contribution in [1.29, 1.82) is 0 Å². The van der Waals surface area contributed by atoms with Crippen LogP contribution in [0.15, 0.2) is 24.3 Å². The van der Waals surface area contributed by atoms with Crippen molar-refractivity contribution in [1.82, 2.24) is 42.3 Å². The summed E-state index contributed by atoms with van der Waals surface area (Å²) < 4.78 is 25.1. The van der Waals surface area contributed by atoms with E-state index in [2.05, 4.69) is 31.9 Å². The number of carbonyl (C=O) groups excluding carboxylic acids is 10. The molecule has 0 spiro atoms. The maximum Gasteiger partial charge on any atom is 0.245 e. The maximum atomic E-state index is 13.9.